The lowest BCUT2D eigenvalue weighted by atomic mass is 9.98. The zero-order valence-corrected chi connectivity index (χ0v) is 13.8. The Morgan fingerprint density at radius 1 is 1.17 bits per heavy atom. The first-order valence-corrected chi connectivity index (χ1v) is 8.77. The molecule has 0 bridgehead atoms. The summed E-state index contributed by atoms with van der Waals surface area (Å²) in [6.45, 7) is 4.42. The second-order valence-corrected chi connectivity index (χ2v) is 6.96. The van der Waals surface area contributed by atoms with Crippen molar-refractivity contribution in [2.45, 2.75) is 31.3 Å². The van der Waals surface area contributed by atoms with E-state index in [1.54, 1.807) is 0 Å². The molecule has 1 aromatic rings. The molecule has 128 valence electrons. The van der Waals surface area contributed by atoms with Crippen molar-refractivity contribution >= 4 is 11.8 Å². The summed E-state index contributed by atoms with van der Waals surface area (Å²) in [7, 11) is 0. The molecule has 3 fully saturated rings. The summed E-state index contributed by atoms with van der Waals surface area (Å²) in [6.07, 6.45) is 2.50. The second kappa shape index (κ2) is 6.54. The third-order valence-electron chi connectivity index (χ3n) is 5.22. The number of nitriles is 1. The fourth-order valence-electron chi connectivity index (χ4n) is 3.58. The van der Waals surface area contributed by atoms with E-state index < -0.39 is 0 Å². The minimum absolute atomic E-state index is 0.163. The number of rotatable bonds is 3. The molecule has 1 atom stereocenters. The van der Waals surface area contributed by atoms with Gasteiger partial charge in [0.15, 0.2) is 0 Å². The summed E-state index contributed by atoms with van der Waals surface area (Å²) in [4.78, 5) is 13.8. The minimum Gasteiger partial charge on any atom is -0.389 e. The second-order valence-electron chi connectivity index (χ2n) is 6.96. The van der Waals surface area contributed by atoms with Crippen LogP contribution in [0.25, 0.3) is 0 Å². The quantitative estimate of drug-likeness (QED) is 0.882. The molecule has 0 radical (unpaired) electrons. The summed E-state index contributed by atoms with van der Waals surface area (Å²) < 4.78 is 5.52. The van der Waals surface area contributed by atoms with E-state index in [-0.39, 0.29) is 12.0 Å². The van der Waals surface area contributed by atoms with E-state index in [2.05, 4.69) is 17.0 Å². The van der Waals surface area contributed by atoms with Crippen molar-refractivity contribution in [3.05, 3.63) is 11.8 Å². The van der Waals surface area contributed by atoms with Gasteiger partial charge in [-0.2, -0.15) is 10.2 Å². The summed E-state index contributed by atoms with van der Waals surface area (Å²) in [5.41, 5.74) is 1.04. The van der Waals surface area contributed by atoms with Crippen molar-refractivity contribution in [3.63, 3.8) is 0 Å². The van der Waals surface area contributed by atoms with E-state index in [0.29, 0.717) is 25.0 Å². The number of hydrogen-bond donors (Lipinski definition) is 1. The van der Waals surface area contributed by atoms with Gasteiger partial charge in [-0.25, -0.2) is 4.98 Å². The summed E-state index contributed by atoms with van der Waals surface area (Å²) in [5, 5.41) is 18.7. The predicted molar refractivity (Wildman–Crippen MR) is 89.0 cm³/mol. The highest BCUT2D eigenvalue weighted by molar-refractivity contribution is 5.48. The number of aromatic nitrogens is 2. The standard InChI is InChI=1S/C17H23N5O2/c18-8-12-1-4-21(5-2-12)16-7-15(13-3-6-24-11-13)19-17(20-16)22-9-14(23)10-22/h7,12-14,23H,1-6,9-11H2. The van der Waals surface area contributed by atoms with E-state index in [1.807, 2.05) is 4.90 Å². The van der Waals surface area contributed by atoms with Gasteiger partial charge in [-0.15, -0.1) is 0 Å². The van der Waals surface area contributed by atoms with Gasteiger partial charge >= 0.3 is 0 Å². The minimum atomic E-state index is -0.276. The molecule has 1 aromatic heterocycles. The van der Waals surface area contributed by atoms with E-state index in [1.165, 1.54) is 0 Å². The maximum atomic E-state index is 9.58. The van der Waals surface area contributed by atoms with E-state index in [9.17, 15) is 5.11 Å². The highest BCUT2D eigenvalue weighted by Gasteiger charge is 2.30. The molecular formula is C17H23N5O2. The molecule has 1 unspecified atom stereocenters. The Morgan fingerprint density at radius 2 is 1.96 bits per heavy atom. The zero-order valence-electron chi connectivity index (χ0n) is 13.8. The van der Waals surface area contributed by atoms with E-state index in [0.717, 1.165) is 57.1 Å². The van der Waals surface area contributed by atoms with Crippen LogP contribution in [0, 0.1) is 17.2 Å². The molecule has 3 saturated heterocycles. The van der Waals surface area contributed by atoms with E-state index in [4.69, 9.17) is 20.0 Å². The Morgan fingerprint density at radius 3 is 2.58 bits per heavy atom. The van der Waals surface area contributed by atoms with Crippen LogP contribution >= 0.6 is 0 Å². The molecule has 7 heteroatoms. The van der Waals surface area contributed by atoms with Crippen molar-refractivity contribution < 1.29 is 9.84 Å². The lowest BCUT2D eigenvalue weighted by molar-refractivity contribution is 0.140. The Hall–Kier alpha value is -1.91. The first-order valence-electron chi connectivity index (χ1n) is 8.77. The van der Waals surface area contributed by atoms with Crippen LogP contribution in [0.5, 0.6) is 0 Å². The summed E-state index contributed by atoms with van der Waals surface area (Å²) >= 11 is 0. The van der Waals surface area contributed by atoms with Crippen LogP contribution in [0.4, 0.5) is 11.8 Å². The molecular weight excluding hydrogens is 306 g/mol. The molecule has 3 aliphatic heterocycles. The first kappa shape index (κ1) is 15.6. The molecule has 24 heavy (non-hydrogen) atoms. The Kier molecular flexibility index (Phi) is 4.25. The number of piperidine rings is 1. The van der Waals surface area contributed by atoms with Gasteiger partial charge in [-0.1, -0.05) is 0 Å². The average Bonchev–Trinajstić information content (AvgIpc) is 3.13. The third-order valence-corrected chi connectivity index (χ3v) is 5.22. The number of β-amino-alcohol motifs (C(OH)–C–C–N with tert-alkyl or cyclic N) is 1. The predicted octanol–water partition coefficient (Wildman–Crippen LogP) is 0.901. The van der Waals surface area contributed by atoms with Gasteiger partial charge in [-0.05, 0) is 19.3 Å². The fourth-order valence-corrected chi connectivity index (χ4v) is 3.58. The van der Waals surface area contributed by atoms with Crippen LogP contribution in [-0.2, 0) is 4.74 Å². The van der Waals surface area contributed by atoms with Gasteiger partial charge < -0.3 is 19.6 Å². The number of hydrogen-bond acceptors (Lipinski definition) is 7. The lowest BCUT2D eigenvalue weighted by Crippen LogP contribution is -2.51. The van der Waals surface area contributed by atoms with Crippen molar-refractivity contribution in [2.24, 2.45) is 5.92 Å². The number of nitrogens with zero attached hydrogens (tertiary/aromatic N) is 5. The van der Waals surface area contributed by atoms with Crippen molar-refractivity contribution in [1.82, 2.24) is 9.97 Å². The van der Waals surface area contributed by atoms with Crippen LogP contribution in [0.3, 0.4) is 0 Å². The lowest BCUT2D eigenvalue weighted by Gasteiger charge is -2.37. The first-order chi connectivity index (χ1) is 11.7. The number of aliphatic hydroxyl groups excluding tert-OH is 1. The fraction of sp³-hybridized carbons (Fsp3) is 0.706. The van der Waals surface area contributed by atoms with Gasteiger partial charge in [0.2, 0.25) is 5.95 Å². The highest BCUT2D eigenvalue weighted by Crippen LogP contribution is 2.30. The largest absolute Gasteiger partial charge is 0.389 e. The molecule has 3 aliphatic rings. The zero-order chi connectivity index (χ0) is 16.5. The molecule has 4 heterocycles. The number of ether oxygens (including phenoxy) is 1. The third kappa shape index (κ3) is 3.04. The molecule has 7 nitrogen and oxygen atoms in total. The topological polar surface area (TPSA) is 85.5 Å². The summed E-state index contributed by atoms with van der Waals surface area (Å²) in [5.74, 6) is 2.14. The van der Waals surface area contributed by atoms with Crippen LogP contribution in [0.15, 0.2) is 6.07 Å². The molecule has 0 aromatic carbocycles. The molecule has 1 N–H and O–H groups in total. The Balaban J connectivity index is 1.59. The van der Waals surface area contributed by atoms with Gasteiger partial charge in [-0.3, -0.25) is 0 Å². The van der Waals surface area contributed by atoms with Crippen LogP contribution < -0.4 is 9.80 Å². The molecule has 0 spiro atoms. The van der Waals surface area contributed by atoms with Crippen LogP contribution in [-0.4, -0.2) is 60.6 Å². The van der Waals surface area contributed by atoms with Crippen molar-refractivity contribution in [1.29, 1.82) is 5.26 Å². The van der Waals surface area contributed by atoms with Gasteiger partial charge in [0.25, 0.3) is 0 Å². The van der Waals surface area contributed by atoms with Crippen molar-refractivity contribution in [3.8, 4) is 6.07 Å². The molecule has 0 saturated carbocycles. The van der Waals surface area contributed by atoms with Crippen molar-refractivity contribution in [2.75, 3.05) is 49.2 Å². The van der Waals surface area contributed by atoms with E-state index >= 15 is 0 Å². The van der Waals surface area contributed by atoms with Crippen LogP contribution in [0.2, 0.25) is 0 Å². The number of aliphatic hydroxyl groups is 1. The van der Waals surface area contributed by atoms with Gasteiger partial charge in [0.05, 0.1) is 24.5 Å². The molecule has 0 amide bonds. The smallest absolute Gasteiger partial charge is 0.227 e. The molecule has 0 aliphatic carbocycles. The SMILES string of the molecule is N#CC1CCN(c2cc(C3CCOC3)nc(N3CC(O)C3)n2)CC1. The number of anilines is 2. The van der Waals surface area contributed by atoms with Crippen LogP contribution in [0.1, 0.15) is 30.9 Å². The Bertz CT molecular complexity index is 626. The average molecular weight is 329 g/mol. The summed E-state index contributed by atoms with van der Waals surface area (Å²) in [6, 6.07) is 4.46. The Labute approximate surface area is 141 Å². The molecule has 4 rings (SSSR count). The monoisotopic (exact) mass is 329 g/mol. The normalized spacial score (nSPS) is 25.6. The maximum Gasteiger partial charge on any atom is 0.227 e. The van der Waals surface area contributed by atoms with Gasteiger partial charge in [0.1, 0.15) is 5.82 Å². The highest BCUT2D eigenvalue weighted by atomic mass is 16.5. The maximum absolute atomic E-state index is 9.58. The van der Waals surface area contributed by atoms with Gasteiger partial charge in [0, 0.05) is 50.7 Å².